The SMILES string of the molecule is CCC(C)c1ccc(CN2CCC[C@H]2C(F)(F)F)cc1. The maximum Gasteiger partial charge on any atom is 0.404 e. The van der Waals surface area contributed by atoms with Crippen LogP contribution >= 0.6 is 0 Å². The number of likely N-dealkylation sites (tertiary alicyclic amines) is 1. The first-order valence-corrected chi connectivity index (χ1v) is 7.31. The molecule has 1 saturated heterocycles. The average Bonchev–Trinajstić information content (AvgIpc) is 2.87. The van der Waals surface area contributed by atoms with E-state index in [-0.39, 0.29) is 6.42 Å². The lowest BCUT2D eigenvalue weighted by Gasteiger charge is -2.26. The van der Waals surface area contributed by atoms with Crippen molar-refractivity contribution in [1.29, 1.82) is 0 Å². The number of hydrogen-bond donors (Lipinski definition) is 0. The maximum absolute atomic E-state index is 12.9. The van der Waals surface area contributed by atoms with E-state index < -0.39 is 12.2 Å². The van der Waals surface area contributed by atoms with Crippen LogP contribution in [0.25, 0.3) is 0 Å². The van der Waals surface area contributed by atoms with E-state index in [9.17, 15) is 13.2 Å². The molecule has 1 fully saturated rings. The van der Waals surface area contributed by atoms with Gasteiger partial charge in [-0.05, 0) is 42.9 Å². The zero-order chi connectivity index (χ0) is 14.8. The van der Waals surface area contributed by atoms with Crippen LogP contribution in [0.5, 0.6) is 0 Å². The van der Waals surface area contributed by atoms with Crippen molar-refractivity contribution in [2.45, 2.75) is 57.8 Å². The Morgan fingerprint density at radius 1 is 1.25 bits per heavy atom. The van der Waals surface area contributed by atoms with Crippen LogP contribution in [-0.4, -0.2) is 23.7 Å². The van der Waals surface area contributed by atoms with Crippen LogP contribution in [-0.2, 0) is 6.54 Å². The Balaban J connectivity index is 2.03. The summed E-state index contributed by atoms with van der Waals surface area (Å²) < 4.78 is 38.7. The molecule has 0 saturated carbocycles. The standard InChI is InChI=1S/C16H22F3N/c1-3-12(2)14-8-6-13(7-9-14)11-20-10-4-5-15(20)16(17,18)19/h6-9,12,15H,3-5,10-11H2,1-2H3/t12?,15-/m0/s1. The summed E-state index contributed by atoms with van der Waals surface area (Å²) >= 11 is 0. The van der Waals surface area contributed by atoms with Crippen LogP contribution in [0.1, 0.15) is 50.2 Å². The Labute approximate surface area is 118 Å². The van der Waals surface area contributed by atoms with Gasteiger partial charge in [0.1, 0.15) is 6.04 Å². The summed E-state index contributed by atoms with van der Waals surface area (Å²) in [6.45, 7) is 5.23. The molecular formula is C16H22F3N. The van der Waals surface area contributed by atoms with Crippen LogP contribution in [0, 0.1) is 0 Å². The molecule has 0 bridgehead atoms. The number of benzene rings is 1. The number of nitrogens with zero attached hydrogens (tertiary/aromatic N) is 1. The zero-order valence-corrected chi connectivity index (χ0v) is 12.1. The molecule has 0 N–H and O–H groups in total. The van der Waals surface area contributed by atoms with Gasteiger partial charge in [0.05, 0.1) is 0 Å². The minimum absolute atomic E-state index is 0.231. The van der Waals surface area contributed by atoms with E-state index in [0.717, 1.165) is 12.0 Å². The highest BCUT2D eigenvalue weighted by molar-refractivity contribution is 5.25. The van der Waals surface area contributed by atoms with E-state index in [1.165, 1.54) is 5.56 Å². The second-order valence-electron chi connectivity index (χ2n) is 5.72. The normalized spacial score (nSPS) is 22.1. The van der Waals surface area contributed by atoms with Gasteiger partial charge in [0.25, 0.3) is 0 Å². The van der Waals surface area contributed by atoms with Crippen LogP contribution in [0.2, 0.25) is 0 Å². The Bertz CT molecular complexity index is 424. The first-order valence-electron chi connectivity index (χ1n) is 7.31. The minimum Gasteiger partial charge on any atom is -0.288 e. The van der Waals surface area contributed by atoms with Crippen molar-refractivity contribution >= 4 is 0 Å². The first-order chi connectivity index (χ1) is 9.41. The van der Waals surface area contributed by atoms with E-state index >= 15 is 0 Å². The summed E-state index contributed by atoms with van der Waals surface area (Å²) in [6, 6.07) is 6.75. The highest BCUT2D eigenvalue weighted by Gasteiger charge is 2.45. The lowest BCUT2D eigenvalue weighted by molar-refractivity contribution is -0.177. The third kappa shape index (κ3) is 3.54. The maximum atomic E-state index is 12.9. The van der Waals surface area contributed by atoms with Gasteiger partial charge in [-0.15, -0.1) is 0 Å². The number of hydrogen-bond acceptors (Lipinski definition) is 1. The Morgan fingerprint density at radius 3 is 2.45 bits per heavy atom. The van der Waals surface area contributed by atoms with Crippen LogP contribution < -0.4 is 0 Å². The Morgan fingerprint density at radius 2 is 1.90 bits per heavy atom. The summed E-state index contributed by atoms with van der Waals surface area (Å²) in [4.78, 5) is 1.55. The van der Waals surface area contributed by atoms with E-state index in [2.05, 4.69) is 13.8 Å². The Hall–Kier alpha value is -1.03. The molecule has 1 unspecified atom stereocenters. The first kappa shape index (κ1) is 15.4. The predicted octanol–water partition coefficient (Wildman–Crippen LogP) is 4.73. The average molecular weight is 285 g/mol. The molecule has 1 aliphatic rings. The molecule has 1 heterocycles. The minimum atomic E-state index is -4.10. The van der Waals surface area contributed by atoms with Gasteiger partial charge < -0.3 is 0 Å². The number of halogens is 3. The molecule has 0 spiro atoms. The molecule has 4 heteroatoms. The van der Waals surface area contributed by atoms with Crippen molar-refractivity contribution in [2.75, 3.05) is 6.54 Å². The van der Waals surface area contributed by atoms with E-state index in [0.29, 0.717) is 25.4 Å². The smallest absolute Gasteiger partial charge is 0.288 e. The fourth-order valence-corrected chi connectivity index (χ4v) is 2.81. The summed E-state index contributed by atoms with van der Waals surface area (Å²) in [6.07, 6.45) is -2.17. The quantitative estimate of drug-likeness (QED) is 0.773. The second-order valence-corrected chi connectivity index (χ2v) is 5.72. The topological polar surface area (TPSA) is 3.24 Å². The molecule has 112 valence electrons. The van der Waals surface area contributed by atoms with Crippen molar-refractivity contribution in [1.82, 2.24) is 4.90 Å². The zero-order valence-electron chi connectivity index (χ0n) is 12.1. The highest BCUT2D eigenvalue weighted by atomic mass is 19.4. The molecule has 1 nitrogen and oxygen atoms in total. The van der Waals surface area contributed by atoms with Crippen molar-refractivity contribution in [2.24, 2.45) is 0 Å². The van der Waals surface area contributed by atoms with Crippen molar-refractivity contribution in [3.63, 3.8) is 0 Å². The van der Waals surface area contributed by atoms with Crippen LogP contribution in [0.15, 0.2) is 24.3 Å². The van der Waals surface area contributed by atoms with Crippen molar-refractivity contribution < 1.29 is 13.2 Å². The molecule has 0 amide bonds. The van der Waals surface area contributed by atoms with Crippen molar-refractivity contribution in [3.8, 4) is 0 Å². The summed E-state index contributed by atoms with van der Waals surface area (Å²) in [7, 11) is 0. The fraction of sp³-hybridized carbons (Fsp3) is 0.625. The van der Waals surface area contributed by atoms with Gasteiger partial charge in [0, 0.05) is 6.54 Å². The lowest BCUT2D eigenvalue weighted by Crippen LogP contribution is -2.40. The monoisotopic (exact) mass is 285 g/mol. The molecule has 1 aromatic carbocycles. The van der Waals surface area contributed by atoms with E-state index in [4.69, 9.17) is 0 Å². The molecular weight excluding hydrogens is 263 g/mol. The molecule has 2 atom stereocenters. The predicted molar refractivity (Wildman–Crippen MR) is 74.6 cm³/mol. The summed E-state index contributed by atoms with van der Waals surface area (Å²) in [5, 5.41) is 0. The van der Waals surface area contributed by atoms with E-state index in [1.807, 2.05) is 24.3 Å². The molecule has 1 aliphatic heterocycles. The third-order valence-electron chi connectivity index (χ3n) is 4.29. The second kappa shape index (κ2) is 6.17. The van der Waals surface area contributed by atoms with Gasteiger partial charge in [0.15, 0.2) is 0 Å². The van der Waals surface area contributed by atoms with Gasteiger partial charge in [-0.25, -0.2) is 0 Å². The molecule has 20 heavy (non-hydrogen) atoms. The third-order valence-corrected chi connectivity index (χ3v) is 4.29. The lowest BCUT2D eigenvalue weighted by atomic mass is 9.97. The molecule has 2 rings (SSSR count). The van der Waals surface area contributed by atoms with Gasteiger partial charge in [-0.3, -0.25) is 4.90 Å². The van der Waals surface area contributed by atoms with Gasteiger partial charge in [0.2, 0.25) is 0 Å². The molecule has 1 aromatic rings. The largest absolute Gasteiger partial charge is 0.404 e. The van der Waals surface area contributed by atoms with Gasteiger partial charge in [-0.2, -0.15) is 13.2 Å². The van der Waals surface area contributed by atoms with Crippen LogP contribution in [0.4, 0.5) is 13.2 Å². The number of rotatable bonds is 4. The molecule has 0 aromatic heterocycles. The van der Waals surface area contributed by atoms with Crippen LogP contribution in [0.3, 0.4) is 0 Å². The number of alkyl halides is 3. The molecule has 0 aliphatic carbocycles. The Kier molecular flexibility index (Phi) is 4.74. The molecule has 0 radical (unpaired) electrons. The van der Waals surface area contributed by atoms with Gasteiger partial charge >= 0.3 is 6.18 Å². The highest BCUT2D eigenvalue weighted by Crippen LogP contribution is 2.33. The summed E-state index contributed by atoms with van der Waals surface area (Å²) in [5.41, 5.74) is 2.22. The fourth-order valence-electron chi connectivity index (χ4n) is 2.81. The van der Waals surface area contributed by atoms with E-state index in [1.54, 1.807) is 4.90 Å². The van der Waals surface area contributed by atoms with Gasteiger partial charge in [-0.1, -0.05) is 38.1 Å². The summed E-state index contributed by atoms with van der Waals surface area (Å²) in [5.74, 6) is 0.499. The van der Waals surface area contributed by atoms with Crippen molar-refractivity contribution in [3.05, 3.63) is 35.4 Å².